The first-order valence-corrected chi connectivity index (χ1v) is 8.72. The quantitative estimate of drug-likeness (QED) is 0.835. The van der Waals surface area contributed by atoms with Crippen molar-refractivity contribution in [2.45, 2.75) is 30.2 Å². The standard InChI is InChI=1S/C14H20FN3O2S/c15-13-5-4-12(9-14(13)16)21(19,20)18-8-7-17-6-2-1-3-11(17)10-18/h4-5,9,11H,1-3,6-8,10,16H2. The van der Waals surface area contributed by atoms with Crippen LogP contribution >= 0.6 is 0 Å². The molecule has 2 N–H and O–H groups in total. The minimum Gasteiger partial charge on any atom is -0.396 e. The molecule has 2 heterocycles. The van der Waals surface area contributed by atoms with Crippen LogP contribution in [0, 0.1) is 5.82 Å². The zero-order chi connectivity index (χ0) is 15.0. The highest BCUT2D eigenvalue weighted by Crippen LogP contribution is 2.26. The fourth-order valence-electron chi connectivity index (χ4n) is 3.18. The summed E-state index contributed by atoms with van der Waals surface area (Å²) < 4.78 is 40.0. The summed E-state index contributed by atoms with van der Waals surface area (Å²) in [4.78, 5) is 2.44. The lowest BCUT2D eigenvalue weighted by Crippen LogP contribution is -2.56. The summed E-state index contributed by atoms with van der Waals surface area (Å²) >= 11 is 0. The zero-order valence-corrected chi connectivity index (χ0v) is 12.7. The van der Waals surface area contributed by atoms with E-state index in [1.54, 1.807) is 0 Å². The molecule has 1 unspecified atom stereocenters. The van der Waals surface area contributed by atoms with Crippen molar-refractivity contribution in [3.8, 4) is 0 Å². The van der Waals surface area contributed by atoms with Gasteiger partial charge in [-0.1, -0.05) is 6.42 Å². The Hall–Kier alpha value is -1.18. The Balaban J connectivity index is 1.83. The predicted octanol–water partition coefficient (Wildman–Crippen LogP) is 1.27. The molecule has 0 aliphatic carbocycles. The van der Waals surface area contributed by atoms with Gasteiger partial charge in [-0.2, -0.15) is 4.31 Å². The van der Waals surface area contributed by atoms with Crippen molar-refractivity contribution in [3.63, 3.8) is 0 Å². The first kappa shape index (κ1) is 14.7. The molecule has 2 aliphatic heterocycles. The lowest BCUT2D eigenvalue weighted by Gasteiger charge is -2.43. The van der Waals surface area contributed by atoms with E-state index in [2.05, 4.69) is 4.90 Å². The molecule has 7 heteroatoms. The van der Waals surface area contributed by atoms with Crippen LogP contribution in [0.4, 0.5) is 10.1 Å². The number of nitrogens with zero attached hydrogens (tertiary/aromatic N) is 2. The largest absolute Gasteiger partial charge is 0.396 e. The highest BCUT2D eigenvalue weighted by atomic mass is 32.2. The first-order valence-electron chi connectivity index (χ1n) is 7.28. The van der Waals surface area contributed by atoms with Gasteiger partial charge >= 0.3 is 0 Å². The van der Waals surface area contributed by atoms with Gasteiger partial charge in [0.2, 0.25) is 10.0 Å². The van der Waals surface area contributed by atoms with Crippen molar-refractivity contribution in [1.82, 2.24) is 9.21 Å². The van der Waals surface area contributed by atoms with Crippen LogP contribution < -0.4 is 5.73 Å². The van der Waals surface area contributed by atoms with Crippen LogP contribution in [0.1, 0.15) is 19.3 Å². The van der Waals surface area contributed by atoms with Gasteiger partial charge in [-0.05, 0) is 37.6 Å². The normalized spacial score (nSPS) is 24.7. The van der Waals surface area contributed by atoms with E-state index in [9.17, 15) is 12.8 Å². The van der Waals surface area contributed by atoms with E-state index in [4.69, 9.17) is 5.73 Å². The van der Waals surface area contributed by atoms with Crippen LogP contribution in [0.25, 0.3) is 0 Å². The molecule has 5 nitrogen and oxygen atoms in total. The second-order valence-electron chi connectivity index (χ2n) is 5.73. The maximum Gasteiger partial charge on any atom is 0.243 e. The lowest BCUT2D eigenvalue weighted by molar-refractivity contribution is 0.0852. The van der Waals surface area contributed by atoms with Crippen LogP contribution in [0.15, 0.2) is 23.1 Å². The van der Waals surface area contributed by atoms with Crippen molar-refractivity contribution in [2.24, 2.45) is 0 Å². The molecule has 1 aromatic rings. The van der Waals surface area contributed by atoms with Crippen molar-refractivity contribution >= 4 is 15.7 Å². The van der Waals surface area contributed by atoms with Crippen molar-refractivity contribution in [2.75, 3.05) is 31.9 Å². The van der Waals surface area contributed by atoms with Gasteiger partial charge < -0.3 is 5.73 Å². The molecule has 0 aromatic heterocycles. The monoisotopic (exact) mass is 313 g/mol. The Morgan fingerprint density at radius 2 is 2.00 bits per heavy atom. The third-order valence-electron chi connectivity index (χ3n) is 4.41. The SMILES string of the molecule is Nc1cc(S(=O)(=O)N2CCN3CCCCC3C2)ccc1F. The number of rotatable bonds is 2. The van der Waals surface area contributed by atoms with Crippen LogP contribution in [0.5, 0.6) is 0 Å². The number of anilines is 1. The van der Waals surface area contributed by atoms with E-state index in [-0.39, 0.29) is 10.6 Å². The topological polar surface area (TPSA) is 66.6 Å². The van der Waals surface area contributed by atoms with Gasteiger partial charge in [-0.15, -0.1) is 0 Å². The molecule has 21 heavy (non-hydrogen) atoms. The van der Waals surface area contributed by atoms with Gasteiger partial charge in [-0.3, -0.25) is 4.90 Å². The molecule has 2 fully saturated rings. The minimum absolute atomic E-state index is 0.0747. The summed E-state index contributed by atoms with van der Waals surface area (Å²) in [7, 11) is -3.59. The average molecular weight is 313 g/mol. The summed E-state index contributed by atoms with van der Waals surface area (Å²) in [5, 5.41) is 0. The molecular weight excluding hydrogens is 293 g/mol. The van der Waals surface area contributed by atoms with Crippen LogP contribution in [-0.2, 0) is 10.0 Å². The Morgan fingerprint density at radius 3 is 2.76 bits per heavy atom. The lowest BCUT2D eigenvalue weighted by atomic mass is 10.0. The molecule has 2 aliphatic rings. The van der Waals surface area contributed by atoms with Gasteiger partial charge in [-0.25, -0.2) is 12.8 Å². The van der Waals surface area contributed by atoms with Crippen LogP contribution in [0.2, 0.25) is 0 Å². The molecule has 1 atom stereocenters. The van der Waals surface area contributed by atoms with E-state index < -0.39 is 15.8 Å². The molecule has 1 aromatic carbocycles. The maximum atomic E-state index is 13.2. The number of hydrogen-bond acceptors (Lipinski definition) is 4. The molecule has 0 spiro atoms. The second kappa shape index (κ2) is 5.55. The van der Waals surface area contributed by atoms with Gasteiger partial charge in [0.1, 0.15) is 5.82 Å². The van der Waals surface area contributed by atoms with E-state index in [0.717, 1.165) is 32.0 Å². The Kier molecular flexibility index (Phi) is 3.90. The number of benzene rings is 1. The third-order valence-corrected chi connectivity index (χ3v) is 6.27. The number of hydrogen-bond donors (Lipinski definition) is 1. The highest BCUT2D eigenvalue weighted by Gasteiger charge is 2.35. The summed E-state index contributed by atoms with van der Waals surface area (Å²) in [5.74, 6) is -0.592. The fourth-order valence-corrected chi connectivity index (χ4v) is 4.68. The molecule has 3 rings (SSSR count). The molecule has 0 radical (unpaired) electrons. The highest BCUT2D eigenvalue weighted by molar-refractivity contribution is 7.89. The number of sulfonamides is 1. The summed E-state index contributed by atoms with van der Waals surface area (Å²) in [6.07, 6.45) is 3.38. The summed E-state index contributed by atoms with van der Waals surface area (Å²) in [6, 6.07) is 3.91. The predicted molar refractivity (Wildman–Crippen MR) is 78.8 cm³/mol. The third kappa shape index (κ3) is 2.77. The van der Waals surface area contributed by atoms with Gasteiger partial charge in [0, 0.05) is 25.7 Å². The van der Waals surface area contributed by atoms with Crippen molar-refractivity contribution < 1.29 is 12.8 Å². The van der Waals surface area contributed by atoms with Gasteiger partial charge in [0.05, 0.1) is 10.6 Å². The number of fused-ring (bicyclic) bond motifs is 1. The molecule has 0 amide bonds. The fraction of sp³-hybridized carbons (Fsp3) is 0.571. The Bertz CT molecular complexity index is 635. The summed E-state index contributed by atoms with van der Waals surface area (Å²) in [5.41, 5.74) is 5.35. The van der Waals surface area contributed by atoms with Gasteiger partial charge in [0.25, 0.3) is 0 Å². The van der Waals surface area contributed by atoms with E-state index in [1.807, 2.05) is 0 Å². The zero-order valence-electron chi connectivity index (χ0n) is 11.8. The number of halogens is 1. The van der Waals surface area contributed by atoms with Crippen molar-refractivity contribution in [3.05, 3.63) is 24.0 Å². The van der Waals surface area contributed by atoms with Crippen LogP contribution in [-0.4, -0.2) is 49.8 Å². The van der Waals surface area contributed by atoms with E-state index in [0.29, 0.717) is 19.1 Å². The van der Waals surface area contributed by atoms with E-state index in [1.165, 1.54) is 22.9 Å². The number of piperidine rings is 1. The molecule has 0 saturated carbocycles. The molecular formula is C14H20FN3O2S. The molecule has 2 saturated heterocycles. The summed E-state index contributed by atoms with van der Waals surface area (Å²) in [6.45, 7) is 2.82. The Morgan fingerprint density at radius 1 is 1.19 bits per heavy atom. The smallest absolute Gasteiger partial charge is 0.243 e. The molecule has 0 bridgehead atoms. The average Bonchev–Trinajstić information content (AvgIpc) is 2.49. The van der Waals surface area contributed by atoms with E-state index >= 15 is 0 Å². The number of piperazine rings is 1. The molecule has 116 valence electrons. The van der Waals surface area contributed by atoms with Crippen molar-refractivity contribution in [1.29, 1.82) is 0 Å². The van der Waals surface area contributed by atoms with Gasteiger partial charge in [0.15, 0.2) is 0 Å². The Labute approximate surface area is 124 Å². The number of nitrogens with two attached hydrogens (primary N) is 1. The maximum absolute atomic E-state index is 13.2. The number of nitrogen functional groups attached to an aromatic ring is 1. The van der Waals surface area contributed by atoms with Crippen LogP contribution in [0.3, 0.4) is 0 Å². The first-order chi connectivity index (χ1) is 9.98. The minimum atomic E-state index is -3.59. The second-order valence-corrected chi connectivity index (χ2v) is 7.67.